The van der Waals surface area contributed by atoms with Crippen LogP contribution in [0.3, 0.4) is 0 Å². The van der Waals surface area contributed by atoms with Crippen LogP contribution in [0.4, 0.5) is 13.2 Å². The van der Waals surface area contributed by atoms with Crippen molar-refractivity contribution in [2.75, 3.05) is 0 Å². The molecule has 0 fully saturated rings. The molecule has 1 heterocycles. The summed E-state index contributed by atoms with van der Waals surface area (Å²) in [5.41, 5.74) is 0.723. The van der Waals surface area contributed by atoms with Crippen LogP contribution >= 0.6 is 0 Å². The summed E-state index contributed by atoms with van der Waals surface area (Å²) in [6, 6.07) is 13.6. The van der Waals surface area contributed by atoms with E-state index in [4.69, 9.17) is 0 Å². The molecule has 3 rings (SSSR count). The first-order valence-electron chi connectivity index (χ1n) is 6.83. The number of benzene rings is 2. The van der Waals surface area contributed by atoms with Gasteiger partial charge in [0.2, 0.25) is 0 Å². The lowest BCUT2D eigenvalue weighted by Gasteiger charge is -2.10. The van der Waals surface area contributed by atoms with E-state index in [-0.39, 0.29) is 11.4 Å². The molecule has 0 saturated carbocycles. The van der Waals surface area contributed by atoms with E-state index >= 15 is 0 Å². The lowest BCUT2D eigenvalue weighted by atomic mass is 10.0. The van der Waals surface area contributed by atoms with Crippen LogP contribution in [0.2, 0.25) is 0 Å². The van der Waals surface area contributed by atoms with Gasteiger partial charge >= 0.3 is 12.3 Å². The average Bonchev–Trinajstić information content (AvgIpc) is 2.53. The Morgan fingerprint density at radius 3 is 2.33 bits per heavy atom. The number of carboxylic acids is 1. The van der Waals surface area contributed by atoms with Crippen LogP contribution in [0, 0.1) is 0 Å². The third-order valence-corrected chi connectivity index (χ3v) is 3.33. The summed E-state index contributed by atoms with van der Waals surface area (Å²) in [6.07, 6.45) is -4.76. The maximum atomic E-state index is 12.2. The molecule has 0 amide bonds. The quantitative estimate of drug-likeness (QED) is 0.767. The van der Waals surface area contributed by atoms with Crippen molar-refractivity contribution < 1.29 is 27.8 Å². The van der Waals surface area contributed by atoms with E-state index in [2.05, 4.69) is 9.72 Å². The molecule has 122 valence electrons. The third-order valence-electron chi connectivity index (χ3n) is 3.33. The standard InChI is InChI=1S/C17H10F3NO3/c18-17(19,20)24-12-7-5-10(6-8-12)14-9-11-3-1-2-4-13(11)15(21-14)16(22)23/h1-9H,(H,22,23). The summed E-state index contributed by atoms with van der Waals surface area (Å²) in [6.45, 7) is 0. The highest BCUT2D eigenvalue weighted by Crippen LogP contribution is 2.28. The van der Waals surface area contributed by atoms with Gasteiger partial charge in [0, 0.05) is 10.9 Å². The topological polar surface area (TPSA) is 59.4 Å². The molecule has 0 unspecified atom stereocenters. The summed E-state index contributed by atoms with van der Waals surface area (Å²) in [5.74, 6) is -1.53. The Bertz CT molecular complexity index is 905. The molecule has 0 aliphatic heterocycles. The number of ether oxygens (including phenoxy) is 1. The number of aromatic carboxylic acids is 1. The molecule has 3 aromatic rings. The lowest BCUT2D eigenvalue weighted by Crippen LogP contribution is -2.16. The number of alkyl halides is 3. The van der Waals surface area contributed by atoms with Gasteiger partial charge in [-0.25, -0.2) is 9.78 Å². The molecular formula is C17H10F3NO3. The molecule has 0 atom stereocenters. The van der Waals surface area contributed by atoms with Crippen molar-refractivity contribution in [2.45, 2.75) is 6.36 Å². The largest absolute Gasteiger partial charge is 0.573 e. The number of carbonyl (C=O) groups is 1. The van der Waals surface area contributed by atoms with Crippen LogP contribution in [-0.4, -0.2) is 22.4 Å². The first kappa shape index (κ1) is 15.8. The van der Waals surface area contributed by atoms with Crippen LogP contribution in [0.5, 0.6) is 5.75 Å². The second-order valence-electron chi connectivity index (χ2n) is 4.95. The predicted molar refractivity (Wildman–Crippen MR) is 80.8 cm³/mol. The van der Waals surface area contributed by atoms with Gasteiger partial charge < -0.3 is 9.84 Å². The number of hydrogen-bond donors (Lipinski definition) is 1. The second-order valence-corrected chi connectivity index (χ2v) is 4.95. The molecule has 7 heteroatoms. The predicted octanol–water partition coefficient (Wildman–Crippen LogP) is 4.50. The molecular weight excluding hydrogens is 323 g/mol. The zero-order valence-electron chi connectivity index (χ0n) is 12.0. The summed E-state index contributed by atoms with van der Waals surface area (Å²) in [4.78, 5) is 15.5. The highest BCUT2D eigenvalue weighted by Gasteiger charge is 2.31. The minimum atomic E-state index is -4.76. The SMILES string of the molecule is O=C(O)c1nc(-c2ccc(OC(F)(F)F)cc2)cc2ccccc12. The van der Waals surface area contributed by atoms with E-state index in [1.807, 2.05) is 0 Å². The van der Waals surface area contributed by atoms with Crippen molar-refractivity contribution in [1.82, 2.24) is 4.98 Å². The van der Waals surface area contributed by atoms with Crippen LogP contribution in [0.1, 0.15) is 10.5 Å². The number of hydrogen-bond acceptors (Lipinski definition) is 3. The fourth-order valence-electron chi connectivity index (χ4n) is 2.34. The molecule has 2 aromatic carbocycles. The van der Waals surface area contributed by atoms with Crippen LogP contribution in [-0.2, 0) is 0 Å². The van der Waals surface area contributed by atoms with E-state index < -0.39 is 12.3 Å². The van der Waals surface area contributed by atoms with Gasteiger partial charge in [0.15, 0.2) is 5.69 Å². The Balaban J connectivity index is 2.05. The summed E-state index contributed by atoms with van der Waals surface area (Å²) in [5, 5.41) is 10.5. The minimum Gasteiger partial charge on any atom is -0.476 e. The van der Waals surface area contributed by atoms with Crippen LogP contribution in [0.15, 0.2) is 54.6 Å². The zero-order valence-corrected chi connectivity index (χ0v) is 12.0. The molecule has 0 bridgehead atoms. The van der Waals surface area contributed by atoms with E-state index in [9.17, 15) is 23.1 Å². The number of aromatic nitrogens is 1. The highest BCUT2D eigenvalue weighted by molar-refractivity contribution is 6.03. The summed E-state index contributed by atoms with van der Waals surface area (Å²) >= 11 is 0. The van der Waals surface area contributed by atoms with Crippen molar-refractivity contribution in [3.8, 4) is 17.0 Å². The fourth-order valence-corrected chi connectivity index (χ4v) is 2.34. The van der Waals surface area contributed by atoms with Gasteiger partial charge in [-0.1, -0.05) is 24.3 Å². The van der Waals surface area contributed by atoms with Gasteiger partial charge in [-0.2, -0.15) is 0 Å². The summed E-state index contributed by atoms with van der Waals surface area (Å²) in [7, 11) is 0. The van der Waals surface area contributed by atoms with Gasteiger partial charge in [-0.3, -0.25) is 0 Å². The average molecular weight is 333 g/mol. The Kier molecular flexibility index (Phi) is 3.84. The molecule has 1 N–H and O–H groups in total. The van der Waals surface area contributed by atoms with Gasteiger partial charge in [0.25, 0.3) is 0 Å². The van der Waals surface area contributed by atoms with Crippen molar-refractivity contribution in [3.05, 3.63) is 60.3 Å². The van der Waals surface area contributed by atoms with E-state index in [0.717, 1.165) is 12.1 Å². The normalized spacial score (nSPS) is 11.5. The number of nitrogens with zero attached hydrogens (tertiary/aromatic N) is 1. The van der Waals surface area contributed by atoms with Crippen molar-refractivity contribution in [2.24, 2.45) is 0 Å². The van der Waals surface area contributed by atoms with E-state index in [1.54, 1.807) is 30.3 Å². The van der Waals surface area contributed by atoms with Crippen molar-refractivity contribution in [1.29, 1.82) is 0 Å². The third kappa shape index (κ3) is 3.29. The first-order valence-corrected chi connectivity index (χ1v) is 6.83. The number of rotatable bonds is 3. The van der Waals surface area contributed by atoms with Gasteiger partial charge in [-0.05, 0) is 35.7 Å². The minimum absolute atomic E-state index is 0.112. The van der Waals surface area contributed by atoms with Crippen molar-refractivity contribution in [3.63, 3.8) is 0 Å². The Hall–Kier alpha value is -3.09. The lowest BCUT2D eigenvalue weighted by molar-refractivity contribution is -0.274. The Morgan fingerprint density at radius 2 is 1.71 bits per heavy atom. The van der Waals surface area contributed by atoms with Gasteiger partial charge in [0.05, 0.1) is 5.69 Å². The summed E-state index contributed by atoms with van der Waals surface area (Å²) < 4.78 is 40.4. The van der Waals surface area contributed by atoms with Crippen molar-refractivity contribution >= 4 is 16.7 Å². The highest BCUT2D eigenvalue weighted by atomic mass is 19.4. The first-order chi connectivity index (χ1) is 11.3. The number of halogens is 3. The molecule has 0 spiro atoms. The molecule has 0 aliphatic carbocycles. The Morgan fingerprint density at radius 1 is 1.04 bits per heavy atom. The molecule has 0 radical (unpaired) electrons. The fraction of sp³-hybridized carbons (Fsp3) is 0.0588. The maximum Gasteiger partial charge on any atom is 0.573 e. The van der Waals surface area contributed by atoms with Crippen LogP contribution < -0.4 is 4.74 Å². The van der Waals surface area contributed by atoms with E-state index in [0.29, 0.717) is 22.0 Å². The molecule has 4 nitrogen and oxygen atoms in total. The zero-order chi connectivity index (χ0) is 17.3. The van der Waals surface area contributed by atoms with Gasteiger partial charge in [0.1, 0.15) is 5.75 Å². The Labute approximate surface area is 134 Å². The smallest absolute Gasteiger partial charge is 0.476 e. The van der Waals surface area contributed by atoms with E-state index in [1.165, 1.54) is 12.1 Å². The van der Waals surface area contributed by atoms with Gasteiger partial charge in [-0.15, -0.1) is 13.2 Å². The molecule has 24 heavy (non-hydrogen) atoms. The monoisotopic (exact) mass is 333 g/mol. The molecule has 0 aliphatic rings. The molecule has 1 aromatic heterocycles. The number of pyridine rings is 1. The number of fused-ring (bicyclic) bond motifs is 1. The number of carboxylic acid groups (broad SMARTS) is 1. The second kappa shape index (κ2) is 5.84. The maximum absolute atomic E-state index is 12.2. The van der Waals surface area contributed by atoms with Crippen LogP contribution in [0.25, 0.3) is 22.0 Å². The molecule has 0 saturated heterocycles.